The van der Waals surface area contributed by atoms with Crippen LogP contribution < -0.4 is 0 Å². The van der Waals surface area contributed by atoms with Crippen LogP contribution in [0, 0.1) is 6.92 Å². The van der Waals surface area contributed by atoms with Crippen molar-refractivity contribution in [3.05, 3.63) is 35.5 Å². The number of aromatic nitrogens is 1. The third-order valence-corrected chi connectivity index (χ3v) is 3.53. The minimum atomic E-state index is -2.98. The highest BCUT2D eigenvalue weighted by molar-refractivity contribution is 7.89. The molecule has 0 saturated carbocycles. The second-order valence-corrected chi connectivity index (χ2v) is 6.47. The van der Waals surface area contributed by atoms with Crippen molar-refractivity contribution in [3.63, 3.8) is 0 Å². The fraction of sp³-hybridized carbons (Fsp3) is 0.333. The highest BCUT2D eigenvalue weighted by Crippen LogP contribution is 2.21. The molecule has 2 rings (SSSR count). The summed E-state index contributed by atoms with van der Waals surface area (Å²) in [4.78, 5) is 0. The quantitative estimate of drug-likeness (QED) is 0.801. The summed E-state index contributed by atoms with van der Waals surface area (Å²) in [6.45, 7) is 2.03. The fourth-order valence-electron chi connectivity index (χ4n) is 1.93. The summed E-state index contributed by atoms with van der Waals surface area (Å²) < 4.78 is 24.5. The Morgan fingerprint density at radius 1 is 1.25 bits per heavy atom. The van der Waals surface area contributed by atoms with Gasteiger partial charge < -0.3 is 4.57 Å². The van der Waals surface area contributed by atoms with Gasteiger partial charge in [0, 0.05) is 29.9 Å². The van der Waals surface area contributed by atoms with Crippen molar-refractivity contribution >= 4 is 20.7 Å². The molecule has 16 heavy (non-hydrogen) atoms. The van der Waals surface area contributed by atoms with Crippen LogP contribution in [0.3, 0.4) is 0 Å². The third kappa shape index (κ3) is 2.11. The molecule has 0 unspecified atom stereocenters. The topological polar surface area (TPSA) is 39.1 Å². The molecule has 1 heterocycles. The van der Waals surface area contributed by atoms with Crippen molar-refractivity contribution < 1.29 is 8.42 Å². The number of hydrogen-bond acceptors (Lipinski definition) is 2. The first-order valence-electron chi connectivity index (χ1n) is 5.09. The lowest BCUT2D eigenvalue weighted by Gasteiger charge is -2.02. The van der Waals surface area contributed by atoms with Crippen LogP contribution in [0.2, 0.25) is 0 Å². The van der Waals surface area contributed by atoms with E-state index < -0.39 is 9.84 Å². The minimum Gasteiger partial charge on any atom is -0.347 e. The molecule has 86 valence electrons. The predicted molar refractivity (Wildman–Crippen MR) is 66.2 cm³/mol. The molecular formula is C12H15NO2S. The van der Waals surface area contributed by atoms with Gasteiger partial charge in [-0.2, -0.15) is 0 Å². The van der Waals surface area contributed by atoms with Crippen molar-refractivity contribution in [3.8, 4) is 0 Å². The summed E-state index contributed by atoms with van der Waals surface area (Å²) in [5.74, 6) is 0.0945. The summed E-state index contributed by atoms with van der Waals surface area (Å²) >= 11 is 0. The molecule has 0 spiro atoms. The second-order valence-electron chi connectivity index (χ2n) is 4.33. The highest BCUT2D eigenvalue weighted by Gasteiger charge is 2.10. The first kappa shape index (κ1) is 11.2. The Labute approximate surface area is 95.6 Å². The molecule has 3 nitrogen and oxygen atoms in total. The summed E-state index contributed by atoms with van der Waals surface area (Å²) in [6, 6.07) is 8.08. The monoisotopic (exact) mass is 237 g/mol. The smallest absolute Gasteiger partial charge is 0.153 e. The maximum atomic E-state index is 11.3. The van der Waals surface area contributed by atoms with Gasteiger partial charge in [0.1, 0.15) is 0 Å². The normalized spacial score (nSPS) is 12.2. The largest absolute Gasteiger partial charge is 0.347 e. The van der Waals surface area contributed by atoms with E-state index in [0.717, 1.165) is 16.6 Å². The predicted octanol–water partition coefficient (Wildman–Crippen LogP) is 2.03. The zero-order valence-electron chi connectivity index (χ0n) is 9.69. The van der Waals surface area contributed by atoms with E-state index in [9.17, 15) is 8.42 Å². The molecular weight excluding hydrogens is 222 g/mol. The fourth-order valence-corrected chi connectivity index (χ4v) is 2.75. The lowest BCUT2D eigenvalue weighted by molar-refractivity contribution is 0.599. The van der Waals surface area contributed by atoms with Gasteiger partial charge in [-0.15, -0.1) is 0 Å². The van der Waals surface area contributed by atoms with E-state index in [1.54, 1.807) is 0 Å². The molecule has 0 atom stereocenters. The van der Waals surface area contributed by atoms with E-state index in [4.69, 9.17) is 0 Å². The molecule has 1 aromatic heterocycles. The summed E-state index contributed by atoms with van der Waals surface area (Å²) in [5, 5.41) is 1.10. The average molecular weight is 237 g/mol. The molecule has 0 aliphatic heterocycles. The van der Waals surface area contributed by atoms with Crippen LogP contribution >= 0.6 is 0 Å². The molecule has 0 radical (unpaired) electrons. The minimum absolute atomic E-state index is 0.0945. The zero-order chi connectivity index (χ0) is 11.9. The highest BCUT2D eigenvalue weighted by atomic mass is 32.2. The Morgan fingerprint density at radius 2 is 1.94 bits per heavy atom. The van der Waals surface area contributed by atoms with E-state index in [2.05, 4.69) is 6.07 Å². The standard InChI is InChI=1S/C12H15NO2S/c1-9-4-5-12-10(6-9)7-11(13(12)2)8-16(3,14)15/h4-7H,8H2,1-3H3. The lowest BCUT2D eigenvalue weighted by Crippen LogP contribution is -2.05. The summed E-state index contributed by atoms with van der Waals surface area (Å²) in [6.07, 6.45) is 1.26. The van der Waals surface area contributed by atoms with Gasteiger partial charge in [-0.3, -0.25) is 0 Å². The Kier molecular flexibility index (Phi) is 2.54. The van der Waals surface area contributed by atoms with Gasteiger partial charge in [0.15, 0.2) is 9.84 Å². The van der Waals surface area contributed by atoms with Gasteiger partial charge >= 0.3 is 0 Å². The molecule has 0 N–H and O–H groups in total. The molecule has 2 aromatic rings. The van der Waals surface area contributed by atoms with Crippen LogP contribution in [0.1, 0.15) is 11.3 Å². The zero-order valence-corrected chi connectivity index (χ0v) is 10.5. The molecule has 1 aromatic carbocycles. The third-order valence-electron chi connectivity index (χ3n) is 2.71. The van der Waals surface area contributed by atoms with E-state index in [1.165, 1.54) is 11.8 Å². The van der Waals surface area contributed by atoms with Crippen molar-refractivity contribution in [1.82, 2.24) is 4.57 Å². The Bertz CT molecular complexity index is 638. The van der Waals surface area contributed by atoms with E-state index in [0.29, 0.717) is 0 Å². The van der Waals surface area contributed by atoms with Crippen molar-refractivity contribution in [2.24, 2.45) is 7.05 Å². The SMILES string of the molecule is Cc1ccc2c(c1)cc(CS(C)(=O)=O)n2C. The number of fused-ring (bicyclic) bond motifs is 1. The molecule has 0 bridgehead atoms. The molecule has 0 amide bonds. The lowest BCUT2D eigenvalue weighted by atomic mass is 10.2. The van der Waals surface area contributed by atoms with E-state index in [-0.39, 0.29) is 5.75 Å². The summed E-state index contributed by atoms with van der Waals surface area (Å²) in [7, 11) is -1.08. The maximum absolute atomic E-state index is 11.3. The number of sulfone groups is 1. The Hall–Kier alpha value is -1.29. The molecule has 4 heteroatoms. The first-order chi connectivity index (χ1) is 7.37. The van der Waals surface area contributed by atoms with Gasteiger partial charge in [-0.25, -0.2) is 8.42 Å². The number of aryl methyl sites for hydroxylation is 2. The van der Waals surface area contributed by atoms with Crippen LogP contribution in [0.4, 0.5) is 0 Å². The van der Waals surface area contributed by atoms with Gasteiger partial charge in [0.05, 0.1) is 5.75 Å². The van der Waals surface area contributed by atoms with E-state index in [1.807, 2.05) is 36.7 Å². The van der Waals surface area contributed by atoms with Gasteiger partial charge in [0.2, 0.25) is 0 Å². The number of benzene rings is 1. The molecule has 0 aliphatic rings. The first-order valence-corrected chi connectivity index (χ1v) is 7.15. The Morgan fingerprint density at radius 3 is 2.56 bits per heavy atom. The van der Waals surface area contributed by atoms with E-state index >= 15 is 0 Å². The van der Waals surface area contributed by atoms with Crippen molar-refractivity contribution in [2.45, 2.75) is 12.7 Å². The second kappa shape index (κ2) is 3.63. The van der Waals surface area contributed by atoms with Crippen molar-refractivity contribution in [1.29, 1.82) is 0 Å². The van der Waals surface area contributed by atoms with Crippen LogP contribution in [-0.4, -0.2) is 19.2 Å². The van der Waals surface area contributed by atoms with Crippen LogP contribution in [0.25, 0.3) is 10.9 Å². The molecule has 0 saturated heterocycles. The van der Waals surface area contributed by atoms with Gasteiger partial charge in [-0.1, -0.05) is 11.6 Å². The number of rotatable bonds is 2. The van der Waals surface area contributed by atoms with Crippen LogP contribution in [0.5, 0.6) is 0 Å². The molecule has 0 fully saturated rings. The number of nitrogens with zero attached hydrogens (tertiary/aromatic N) is 1. The summed E-state index contributed by atoms with van der Waals surface area (Å²) in [5.41, 5.74) is 3.09. The maximum Gasteiger partial charge on any atom is 0.153 e. The Balaban J connectivity index is 2.60. The van der Waals surface area contributed by atoms with Crippen LogP contribution in [0.15, 0.2) is 24.3 Å². The van der Waals surface area contributed by atoms with Gasteiger partial charge in [-0.05, 0) is 25.1 Å². The van der Waals surface area contributed by atoms with Crippen LogP contribution in [-0.2, 0) is 22.6 Å². The molecule has 0 aliphatic carbocycles. The van der Waals surface area contributed by atoms with Crippen molar-refractivity contribution in [2.75, 3.05) is 6.26 Å². The number of hydrogen-bond donors (Lipinski definition) is 0. The van der Waals surface area contributed by atoms with Gasteiger partial charge in [0.25, 0.3) is 0 Å². The average Bonchev–Trinajstić information content (AvgIpc) is 2.40.